The van der Waals surface area contributed by atoms with E-state index < -0.39 is 42.3 Å². The van der Waals surface area contributed by atoms with Gasteiger partial charge >= 0.3 is 17.9 Å². The van der Waals surface area contributed by atoms with Crippen LogP contribution in [-0.4, -0.2) is 47.4 Å². The maximum atomic E-state index is 11.0. The van der Waals surface area contributed by atoms with Gasteiger partial charge in [0.25, 0.3) is 0 Å². The molecule has 0 saturated heterocycles. The Morgan fingerprint density at radius 3 is 1.74 bits per heavy atom. The minimum Gasteiger partial charge on any atom is -0.455 e. The number of carbonyl (C=O) groups excluding carboxylic acids is 3. The third-order valence-electron chi connectivity index (χ3n) is 2.39. The SMILES string of the molecule is CC(=O)O[C@H]1[C@H](O)[C@H](OC(C)=O)C=C[C@H]1OC(C)=O. The fourth-order valence-electron chi connectivity index (χ4n) is 1.75. The van der Waals surface area contributed by atoms with E-state index in [0.29, 0.717) is 0 Å². The number of esters is 3. The maximum Gasteiger partial charge on any atom is 0.303 e. The second-order valence-corrected chi connectivity index (χ2v) is 4.10. The van der Waals surface area contributed by atoms with Crippen LogP contribution in [0.15, 0.2) is 12.2 Å². The van der Waals surface area contributed by atoms with Gasteiger partial charge < -0.3 is 19.3 Å². The van der Waals surface area contributed by atoms with Crippen LogP contribution < -0.4 is 0 Å². The first-order valence-electron chi connectivity index (χ1n) is 5.69. The molecule has 1 aliphatic rings. The van der Waals surface area contributed by atoms with Gasteiger partial charge in [0.2, 0.25) is 0 Å². The number of aliphatic hydroxyl groups excluding tert-OH is 1. The van der Waals surface area contributed by atoms with Gasteiger partial charge in [-0.2, -0.15) is 0 Å². The number of carbonyl (C=O) groups is 3. The van der Waals surface area contributed by atoms with E-state index in [1.807, 2.05) is 0 Å². The molecule has 0 bridgehead atoms. The van der Waals surface area contributed by atoms with Crippen LogP contribution in [-0.2, 0) is 28.6 Å². The molecule has 19 heavy (non-hydrogen) atoms. The van der Waals surface area contributed by atoms with Crippen LogP contribution in [0.2, 0.25) is 0 Å². The van der Waals surface area contributed by atoms with Crippen LogP contribution in [0.4, 0.5) is 0 Å². The number of aliphatic hydroxyl groups is 1. The summed E-state index contributed by atoms with van der Waals surface area (Å²) in [5.74, 6) is -1.80. The molecule has 7 nitrogen and oxygen atoms in total. The first-order chi connectivity index (χ1) is 8.81. The standard InChI is InChI=1S/C12H16O7/c1-6(13)17-9-4-5-10(18-7(2)14)12(11(9)16)19-8(3)15/h4-5,9-12,16H,1-3H3/t9-,10-,11-,12-/m1/s1. The molecular weight excluding hydrogens is 256 g/mol. The number of rotatable bonds is 3. The van der Waals surface area contributed by atoms with Gasteiger partial charge in [-0.3, -0.25) is 14.4 Å². The summed E-state index contributed by atoms with van der Waals surface area (Å²) in [6.45, 7) is 3.56. The monoisotopic (exact) mass is 272 g/mol. The van der Waals surface area contributed by atoms with Crippen molar-refractivity contribution >= 4 is 17.9 Å². The molecule has 0 saturated carbocycles. The van der Waals surface area contributed by atoms with Crippen molar-refractivity contribution in [2.75, 3.05) is 0 Å². The highest BCUT2D eigenvalue weighted by Gasteiger charge is 2.41. The number of hydrogen-bond acceptors (Lipinski definition) is 7. The van der Waals surface area contributed by atoms with Gasteiger partial charge in [0.05, 0.1) is 0 Å². The lowest BCUT2D eigenvalue weighted by Crippen LogP contribution is -2.51. The van der Waals surface area contributed by atoms with Crippen LogP contribution in [0.1, 0.15) is 20.8 Å². The first kappa shape index (κ1) is 15.2. The quantitative estimate of drug-likeness (QED) is 0.428. The van der Waals surface area contributed by atoms with Crippen molar-refractivity contribution in [3.8, 4) is 0 Å². The average molecular weight is 272 g/mol. The van der Waals surface area contributed by atoms with Crippen molar-refractivity contribution in [2.45, 2.75) is 45.2 Å². The Balaban J connectivity index is 2.89. The molecule has 0 heterocycles. The average Bonchev–Trinajstić information content (AvgIpc) is 2.26. The topological polar surface area (TPSA) is 99.1 Å². The molecule has 0 unspecified atom stereocenters. The molecule has 1 rings (SSSR count). The van der Waals surface area contributed by atoms with Gasteiger partial charge in [0, 0.05) is 20.8 Å². The molecule has 0 radical (unpaired) electrons. The molecule has 106 valence electrons. The minimum absolute atomic E-state index is 0.579. The van der Waals surface area contributed by atoms with Crippen molar-refractivity contribution in [1.29, 1.82) is 0 Å². The normalized spacial score (nSPS) is 29.5. The van der Waals surface area contributed by atoms with Crippen LogP contribution in [0.3, 0.4) is 0 Å². The Labute approximate surface area is 110 Å². The molecule has 1 N–H and O–H groups in total. The molecular formula is C12H16O7. The van der Waals surface area contributed by atoms with Crippen molar-refractivity contribution < 1.29 is 33.7 Å². The third kappa shape index (κ3) is 4.36. The fraction of sp³-hybridized carbons (Fsp3) is 0.583. The van der Waals surface area contributed by atoms with E-state index in [1.165, 1.54) is 26.0 Å². The van der Waals surface area contributed by atoms with E-state index in [-0.39, 0.29) is 0 Å². The van der Waals surface area contributed by atoms with Crippen molar-refractivity contribution in [3.63, 3.8) is 0 Å². The zero-order chi connectivity index (χ0) is 14.6. The molecule has 0 aromatic rings. The van der Waals surface area contributed by atoms with E-state index >= 15 is 0 Å². The van der Waals surface area contributed by atoms with Gasteiger partial charge in [-0.1, -0.05) is 0 Å². The van der Waals surface area contributed by atoms with E-state index in [1.54, 1.807) is 0 Å². The Morgan fingerprint density at radius 2 is 1.26 bits per heavy atom. The second kappa shape index (κ2) is 6.33. The molecule has 0 amide bonds. The van der Waals surface area contributed by atoms with Gasteiger partial charge in [0.1, 0.15) is 12.2 Å². The minimum atomic E-state index is -1.30. The van der Waals surface area contributed by atoms with Gasteiger partial charge in [-0.25, -0.2) is 0 Å². The zero-order valence-corrected chi connectivity index (χ0v) is 10.9. The summed E-state index contributed by atoms with van der Waals surface area (Å²) in [6.07, 6.45) is -1.48. The molecule has 0 aromatic heterocycles. The Morgan fingerprint density at radius 1 is 0.842 bits per heavy atom. The largest absolute Gasteiger partial charge is 0.455 e. The van der Waals surface area contributed by atoms with Crippen molar-refractivity contribution in [1.82, 2.24) is 0 Å². The summed E-state index contributed by atoms with van der Waals surface area (Å²) < 4.78 is 14.7. The lowest BCUT2D eigenvalue weighted by atomic mass is 9.95. The highest BCUT2D eigenvalue weighted by atomic mass is 16.6. The van der Waals surface area contributed by atoms with Crippen molar-refractivity contribution in [2.24, 2.45) is 0 Å². The molecule has 0 aromatic carbocycles. The predicted molar refractivity (Wildman–Crippen MR) is 61.8 cm³/mol. The molecule has 7 heteroatoms. The molecule has 1 aliphatic carbocycles. The van der Waals surface area contributed by atoms with E-state index in [9.17, 15) is 19.5 Å². The molecule has 4 atom stereocenters. The van der Waals surface area contributed by atoms with Crippen molar-refractivity contribution in [3.05, 3.63) is 12.2 Å². The van der Waals surface area contributed by atoms with Gasteiger partial charge in [-0.05, 0) is 12.2 Å². The van der Waals surface area contributed by atoms with Crippen LogP contribution >= 0.6 is 0 Å². The Kier molecular flexibility index (Phi) is 5.05. The summed E-state index contributed by atoms with van der Waals surface area (Å²) in [6, 6.07) is 0. The van der Waals surface area contributed by atoms with E-state index in [4.69, 9.17) is 14.2 Å². The maximum absolute atomic E-state index is 11.0. The van der Waals surface area contributed by atoms with E-state index in [0.717, 1.165) is 6.92 Å². The highest BCUT2D eigenvalue weighted by Crippen LogP contribution is 2.22. The second-order valence-electron chi connectivity index (χ2n) is 4.10. The van der Waals surface area contributed by atoms with E-state index in [2.05, 4.69) is 0 Å². The summed E-state index contributed by atoms with van der Waals surface area (Å²) >= 11 is 0. The molecule has 0 aliphatic heterocycles. The highest BCUT2D eigenvalue weighted by molar-refractivity contribution is 5.68. The fourth-order valence-corrected chi connectivity index (χ4v) is 1.75. The van der Waals surface area contributed by atoms with Gasteiger partial charge in [-0.15, -0.1) is 0 Å². The summed E-state index contributed by atoms with van der Waals surface area (Å²) in [5, 5.41) is 10.0. The molecule has 0 fully saturated rings. The lowest BCUT2D eigenvalue weighted by Gasteiger charge is -2.34. The van der Waals surface area contributed by atoms with Crippen LogP contribution in [0.25, 0.3) is 0 Å². The van der Waals surface area contributed by atoms with Crippen LogP contribution in [0, 0.1) is 0 Å². The summed E-state index contributed by atoms with van der Waals surface area (Å²) in [7, 11) is 0. The van der Waals surface area contributed by atoms with Crippen LogP contribution in [0.5, 0.6) is 0 Å². The smallest absolute Gasteiger partial charge is 0.303 e. The summed E-state index contributed by atoms with van der Waals surface area (Å²) in [4.78, 5) is 32.8. The Bertz CT molecular complexity index is 401. The third-order valence-corrected chi connectivity index (χ3v) is 2.39. The summed E-state index contributed by atoms with van der Waals surface area (Å²) in [5.41, 5.74) is 0. The molecule has 0 spiro atoms. The predicted octanol–water partition coefficient (Wildman–Crippen LogP) is -0.288. The van der Waals surface area contributed by atoms with Gasteiger partial charge in [0.15, 0.2) is 12.2 Å². The number of hydrogen-bond donors (Lipinski definition) is 1. The lowest BCUT2D eigenvalue weighted by molar-refractivity contribution is -0.182. The number of ether oxygens (including phenoxy) is 3. The Hall–Kier alpha value is -1.89. The first-order valence-corrected chi connectivity index (χ1v) is 5.69. The zero-order valence-electron chi connectivity index (χ0n) is 10.9.